The number of rotatable bonds is 4. The number of hydrogen-bond acceptors (Lipinski definition) is 2. The van der Waals surface area contributed by atoms with Crippen LogP contribution in [0, 0.1) is 32.1 Å². The van der Waals surface area contributed by atoms with Crippen LogP contribution < -0.4 is 10.2 Å². The fourth-order valence-corrected chi connectivity index (χ4v) is 2.43. The van der Waals surface area contributed by atoms with Crippen LogP contribution in [0.5, 0.6) is 0 Å². The lowest BCUT2D eigenvalue weighted by atomic mass is 10.1. The van der Waals surface area contributed by atoms with Crippen molar-refractivity contribution in [3.63, 3.8) is 0 Å². The first-order valence-electron chi connectivity index (χ1n) is 7.11. The highest BCUT2D eigenvalue weighted by molar-refractivity contribution is 6.00. The van der Waals surface area contributed by atoms with Gasteiger partial charge in [-0.1, -0.05) is 6.07 Å². The van der Waals surface area contributed by atoms with E-state index in [0.717, 1.165) is 11.3 Å². The van der Waals surface area contributed by atoms with Crippen molar-refractivity contribution in [2.24, 2.45) is 5.92 Å². The molecule has 1 aliphatic rings. The summed E-state index contributed by atoms with van der Waals surface area (Å²) < 4.78 is 0. The molecule has 4 nitrogen and oxygen atoms in total. The van der Waals surface area contributed by atoms with Crippen LogP contribution in [0.2, 0.25) is 0 Å². The predicted molar refractivity (Wildman–Crippen MR) is 82.8 cm³/mol. The molecule has 1 fully saturated rings. The van der Waals surface area contributed by atoms with E-state index < -0.39 is 0 Å². The Kier molecular flexibility index (Phi) is 4.64. The normalized spacial score (nSPS) is 17.7. The Balaban J connectivity index is 2.04. The summed E-state index contributed by atoms with van der Waals surface area (Å²) in [6.07, 6.45) is 5.92. The zero-order valence-electron chi connectivity index (χ0n) is 12.5. The molecule has 1 heterocycles. The van der Waals surface area contributed by atoms with Crippen LogP contribution in [0.3, 0.4) is 0 Å². The van der Waals surface area contributed by atoms with Crippen LogP contribution in [0.25, 0.3) is 0 Å². The zero-order chi connectivity index (χ0) is 15.4. The molecule has 1 N–H and O–H groups in total. The van der Waals surface area contributed by atoms with Crippen LogP contribution in [-0.2, 0) is 9.59 Å². The van der Waals surface area contributed by atoms with Gasteiger partial charge in [-0.25, -0.2) is 0 Å². The fourth-order valence-electron chi connectivity index (χ4n) is 2.43. The summed E-state index contributed by atoms with van der Waals surface area (Å²) in [5.41, 5.74) is 3.19. The highest BCUT2D eigenvalue weighted by Crippen LogP contribution is 2.26. The fraction of sp³-hybridized carbons (Fsp3) is 0.412. The molecular formula is C17H20N2O2. The van der Waals surface area contributed by atoms with Gasteiger partial charge >= 0.3 is 0 Å². The monoisotopic (exact) mass is 284 g/mol. The second-order valence-corrected chi connectivity index (χ2v) is 5.42. The van der Waals surface area contributed by atoms with Crippen molar-refractivity contribution in [2.45, 2.75) is 26.7 Å². The van der Waals surface area contributed by atoms with Gasteiger partial charge in [0, 0.05) is 31.6 Å². The largest absolute Gasteiger partial charge is 0.355 e. The minimum absolute atomic E-state index is 0.00430. The molecule has 1 aromatic rings. The van der Waals surface area contributed by atoms with E-state index in [0.29, 0.717) is 19.5 Å². The van der Waals surface area contributed by atoms with Gasteiger partial charge in [-0.15, -0.1) is 12.3 Å². The molecule has 110 valence electrons. The number of nitrogens with zero attached hydrogens (tertiary/aromatic N) is 1. The van der Waals surface area contributed by atoms with Gasteiger partial charge in [0.05, 0.1) is 5.92 Å². The lowest BCUT2D eigenvalue weighted by molar-refractivity contribution is -0.126. The SMILES string of the molecule is C#CCCNC(=O)C1CC(=O)N(c2ccc(C)c(C)c2)C1. The first kappa shape index (κ1) is 15.1. The van der Waals surface area contributed by atoms with Gasteiger partial charge in [0.1, 0.15) is 0 Å². The van der Waals surface area contributed by atoms with Crippen molar-refractivity contribution in [1.82, 2.24) is 5.32 Å². The Labute approximate surface area is 125 Å². The van der Waals surface area contributed by atoms with E-state index >= 15 is 0 Å². The highest BCUT2D eigenvalue weighted by Gasteiger charge is 2.34. The van der Waals surface area contributed by atoms with Gasteiger partial charge in [-0.05, 0) is 37.1 Å². The number of nitrogens with one attached hydrogen (secondary N) is 1. The molecule has 1 aromatic carbocycles. The standard InChI is InChI=1S/C17H20N2O2/c1-4-5-8-18-17(21)14-10-16(20)19(11-14)15-7-6-12(2)13(3)9-15/h1,6-7,9,14H,5,8,10-11H2,2-3H3,(H,18,21). The third kappa shape index (κ3) is 3.43. The third-order valence-electron chi connectivity index (χ3n) is 3.87. The van der Waals surface area contributed by atoms with E-state index in [9.17, 15) is 9.59 Å². The molecule has 0 saturated carbocycles. The average molecular weight is 284 g/mol. The summed E-state index contributed by atoms with van der Waals surface area (Å²) >= 11 is 0. The number of amides is 2. The minimum atomic E-state index is -0.295. The number of carbonyl (C=O) groups excluding carboxylic acids is 2. The first-order chi connectivity index (χ1) is 10.0. The van der Waals surface area contributed by atoms with Gasteiger partial charge in [0.15, 0.2) is 0 Å². The molecule has 1 atom stereocenters. The molecule has 0 spiro atoms. The summed E-state index contributed by atoms with van der Waals surface area (Å²) in [4.78, 5) is 25.8. The van der Waals surface area contributed by atoms with E-state index in [2.05, 4.69) is 11.2 Å². The highest BCUT2D eigenvalue weighted by atomic mass is 16.2. The maximum Gasteiger partial charge on any atom is 0.227 e. The Morgan fingerprint density at radius 1 is 1.43 bits per heavy atom. The lowest BCUT2D eigenvalue weighted by Gasteiger charge is -2.18. The molecule has 4 heteroatoms. The molecule has 0 radical (unpaired) electrons. The van der Waals surface area contributed by atoms with Gasteiger partial charge in [0.2, 0.25) is 11.8 Å². The molecule has 2 rings (SSSR count). The maximum absolute atomic E-state index is 12.1. The predicted octanol–water partition coefficient (Wildman–Crippen LogP) is 1.80. The number of anilines is 1. The zero-order valence-corrected chi connectivity index (χ0v) is 12.5. The van der Waals surface area contributed by atoms with Crippen molar-refractivity contribution in [3.8, 4) is 12.3 Å². The molecule has 0 bridgehead atoms. The summed E-state index contributed by atoms with van der Waals surface area (Å²) in [5, 5.41) is 2.78. The molecule has 2 amide bonds. The number of carbonyl (C=O) groups is 2. The van der Waals surface area contributed by atoms with Crippen molar-refractivity contribution in [2.75, 3.05) is 18.0 Å². The molecule has 1 unspecified atom stereocenters. The van der Waals surface area contributed by atoms with Crippen molar-refractivity contribution >= 4 is 17.5 Å². The van der Waals surface area contributed by atoms with Gasteiger partial charge in [-0.2, -0.15) is 0 Å². The molecule has 0 aliphatic carbocycles. The third-order valence-corrected chi connectivity index (χ3v) is 3.87. The molecule has 21 heavy (non-hydrogen) atoms. The second-order valence-electron chi connectivity index (χ2n) is 5.42. The lowest BCUT2D eigenvalue weighted by Crippen LogP contribution is -2.33. The average Bonchev–Trinajstić information content (AvgIpc) is 2.84. The quantitative estimate of drug-likeness (QED) is 0.677. The summed E-state index contributed by atoms with van der Waals surface area (Å²) in [7, 11) is 0. The van der Waals surface area contributed by atoms with Crippen LogP contribution in [0.15, 0.2) is 18.2 Å². The van der Waals surface area contributed by atoms with Crippen molar-refractivity contribution in [1.29, 1.82) is 0 Å². The van der Waals surface area contributed by atoms with Gasteiger partial charge in [0.25, 0.3) is 0 Å². The van der Waals surface area contributed by atoms with E-state index in [4.69, 9.17) is 6.42 Å². The molecule has 1 aliphatic heterocycles. The Morgan fingerprint density at radius 2 is 2.19 bits per heavy atom. The van der Waals surface area contributed by atoms with E-state index in [1.165, 1.54) is 5.56 Å². The smallest absolute Gasteiger partial charge is 0.227 e. The first-order valence-corrected chi connectivity index (χ1v) is 7.11. The van der Waals surface area contributed by atoms with E-state index in [1.54, 1.807) is 4.90 Å². The van der Waals surface area contributed by atoms with Crippen LogP contribution >= 0.6 is 0 Å². The van der Waals surface area contributed by atoms with E-state index in [1.807, 2.05) is 32.0 Å². The van der Waals surface area contributed by atoms with Crippen LogP contribution in [0.4, 0.5) is 5.69 Å². The topological polar surface area (TPSA) is 49.4 Å². The minimum Gasteiger partial charge on any atom is -0.355 e. The van der Waals surface area contributed by atoms with Crippen LogP contribution in [0.1, 0.15) is 24.0 Å². The maximum atomic E-state index is 12.1. The summed E-state index contributed by atoms with van der Waals surface area (Å²) in [5.74, 6) is 2.08. The second kappa shape index (κ2) is 6.45. The van der Waals surface area contributed by atoms with Gasteiger partial charge in [-0.3, -0.25) is 9.59 Å². The Hall–Kier alpha value is -2.28. The number of benzene rings is 1. The number of aryl methyl sites for hydroxylation is 2. The molecular weight excluding hydrogens is 264 g/mol. The number of hydrogen-bond donors (Lipinski definition) is 1. The molecule has 0 aromatic heterocycles. The summed E-state index contributed by atoms with van der Waals surface area (Å²) in [6, 6.07) is 5.92. The van der Waals surface area contributed by atoms with E-state index in [-0.39, 0.29) is 24.2 Å². The molecule has 1 saturated heterocycles. The number of terminal acetylenes is 1. The van der Waals surface area contributed by atoms with Gasteiger partial charge < -0.3 is 10.2 Å². The van der Waals surface area contributed by atoms with Crippen molar-refractivity contribution in [3.05, 3.63) is 29.3 Å². The Morgan fingerprint density at radius 3 is 2.86 bits per heavy atom. The van der Waals surface area contributed by atoms with Crippen molar-refractivity contribution < 1.29 is 9.59 Å². The Bertz CT molecular complexity index is 601. The van der Waals surface area contributed by atoms with Crippen LogP contribution in [-0.4, -0.2) is 24.9 Å². The summed E-state index contributed by atoms with van der Waals surface area (Å²) in [6.45, 7) is 4.95.